The van der Waals surface area contributed by atoms with Crippen LogP contribution in [0.4, 0.5) is 10.1 Å². The Labute approximate surface area is 174 Å². The van der Waals surface area contributed by atoms with Crippen molar-refractivity contribution in [1.29, 1.82) is 0 Å². The van der Waals surface area contributed by atoms with Crippen molar-refractivity contribution in [2.24, 2.45) is 0 Å². The van der Waals surface area contributed by atoms with Crippen LogP contribution in [0.5, 0.6) is 0 Å². The lowest BCUT2D eigenvalue weighted by Gasteiger charge is -2.08. The number of aryl methyl sites for hydroxylation is 2. The predicted molar refractivity (Wildman–Crippen MR) is 113 cm³/mol. The molecule has 0 aliphatic carbocycles. The smallest absolute Gasteiger partial charge is 0.337 e. The number of hydrogen-bond donors (Lipinski definition) is 1. The molecule has 0 bridgehead atoms. The molecule has 1 aromatic heterocycles. The number of carbonyl (C=O) groups is 2. The SMILES string of the molecule is COC(=O)c1ccc(NC(=O)/C=C/c2c(C)nn(-c3ccc(F)cc3)c2C)c(C)c1. The minimum atomic E-state index is -0.431. The molecule has 0 radical (unpaired) electrons. The number of amides is 1. The van der Waals surface area contributed by atoms with Gasteiger partial charge in [-0.3, -0.25) is 4.79 Å². The minimum Gasteiger partial charge on any atom is -0.465 e. The fraction of sp³-hybridized carbons (Fsp3) is 0.174. The molecule has 0 spiro atoms. The zero-order valence-electron chi connectivity index (χ0n) is 17.2. The largest absolute Gasteiger partial charge is 0.465 e. The first-order valence-corrected chi connectivity index (χ1v) is 9.30. The molecular formula is C23H22FN3O3. The van der Waals surface area contributed by atoms with Gasteiger partial charge in [0.1, 0.15) is 5.82 Å². The number of hydrogen-bond acceptors (Lipinski definition) is 4. The summed E-state index contributed by atoms with van der Waals surface area (Å²) in [5.74, 6) is -1.05. The maximum Gasteiger partial charge on any atom is 0.337 e. The summed E-state index contributed by atoms with van der Waals surface area (Å²) in [6, 6.07) is 11.0. The van der Waals surface area contributed by atoms with Gasteiger partial charge in [0.2, 0.25) is 5.91 Å². The Morgan fingerprint density at radius 3 is 2.43 bits per heavy atom. The topological polar surface area (TPSA) is 73.2 Å². The quantitative estimate of drug-likeness (QED) is 0.503. The van der Waals surface area contributed by atoms with Crippen molar-refractivity contribution in [3.8, 4) is 5.69 Å². The van der Waals surface area contributed by atoms with Crippen LogP contribution >= 0.6 is 0 Å². The average Bonchev–Trinajstić information content (AvgIpc) is 3.01. The second kappa shape index (κ2) is 8.73. The molecule has 7 heteroatoms. The van der Waals surface area contributed by atoms with Crippen LogP contribution in [0.3, 0.4) is 0 Å². The molecule has 3 rings (SSSR count). The molecule has 0 aliphatic rings. The average molecular weight is 407 g/mol. The molecule has 0 saturated heterocycles. The van der Waals surface area contributed by atoms with Crippen molar-refractivity contribution in [2.45, 2.75) is 20.8 Å². The van der Waals surface area contributed by atoms with Crippen LogP contribution in [-0.2, 0) is 9.53 Å². The minimum absolute atomic E-state index is 0.308. The Kier molecular flexibility index (Phi) is 6.11. The van der Waals surface area contributed by atoms with Crippen LogP contribution < -0.4 is 5.32 Å². The highest BCUT2D eigenvalue weighted by molar-refractivity contribution is 6.03. The highest BCUT2D eigenvalue weighted by atomic mass is 19.1. The number of carbonyl (C=O) groups excluding carboxylic acids is 2. The van der Waals surface area contributed by atoms with Gasteiger partial charge in [-0.25, -0.2) is 13.9 Å². The molecule has 154 valence electrons. The van der Waals surface area contributed by atoms with Crippen molar-refractivity contribution in [2.75, 3.05) is 12.4 Å². The van der Waals surface area contributed by atoms with Crippen LogP contribution in [0.15, 0.2) is 48.5 Å². The number of ether oxygens (including phenoxy) is 1. The number of aromatic nitrogens is 2. The van der Waals surface area contributed by atoms with Crippen molar-refractivity contribution in [3.63, 3.8) is 0 Å². The summed E-state index contributed by atoms with van der Waals surface area (Å²) >= 11 is 0. The van der Waals surface area contributed by atoms with E-state index in [2.05, 4.69) is 10.4 Å². The fourth-order valence-corrected chi connectivity index (χ4v) is 3.11. The third kappa shape index (κ3) is 4.46. The van der Waals surface area contributed by atoms with E-state index in [1.807, 2.05) is 13.8 Å². The summed E-state index contributed by atoms with van der Waals surface area (Å²) < 4.78 is 19.6. The molecule has 3 aromatic rings. The van der Waals surface area contributed by atoms with E-state index in [0.717, 1.165) is 28.2 Å². The van der Waals surface area contributed by atoms with Gasteiger partial charge < -0.3 is 10.1 Å². The first kappa shape index (κ1) is 21.0. The third-order valence-electron chi connectivity index (χ3n) is 4.73. The first-order chi connectivity index (χ1) is 14.3. The fourth-order valence-electron chi connectivity index (χ4n) is 3.11. The number of halogens is 1. The Hall–Kier alpha value is -3.74. The van der Waals surface area contributed by atoms with Crippen LogP contribution in [0.25, 0.3) is 11.8 Å². The Morgan fingerprint density at radius 1 is 1.10 bits per heavy atom. The lowest BCUT2D eigenvalue weighted by Crippen LogP contribution is -2.10. The maximum absolute atomic E-state index is 13.2. The second-order valence-electron chi connectivity index (χ2n) is 6.82. The Morgan fingerprint density at radius 2 is 1.80 bits per heavy atom. The van der Waals surface area contributed by atoms with E-state index in [1.165, 1.54) is 25.3 Å². The molecule has 1 amide bonds. The summed E-state index contributed by atoms with van der Waals surface area (Å²) in [5.41, 5.74) is 4.91. The zero-order valence-corrected chi connectivity index (χ0v) is 17.2. The van der Waals surface area contributed by atoms with Crippen molar-refractivity contribution in [3.05, 3.63) is 82.4 Å². The van der Waals surface area contributed by atoms with Crippen LogP contribution in [0.1, 0.15) is 32.9 Å². The first-order valence-electron chi connectivity index (χ1n) is 9.30. The van der Waals surface area contributed by atoms with E-state index in [0.29, 0.717) is 11.3 Å². The summed E-state index contributed by atoms with van der Waals surface area (Å²) in [6.07, 6.45) is 3.13. The van der Waals surface area contributed by atoms with Gasteiger partial charge in [-0.05, 0) is 74.9 Å². The summed E-state index contributed by atoms with van der Waals surface area (Å²) in [4.78, 5) is 24.0. The molecule has 0 fully saturated rings. The lowest BCUT2D eigenvalue weighted by molar-refractivity contribution is -0.111. The van der Waals surface area contributed by atoms with Gasteiger partial charge in [-0.15, -0.1) is 0 Å². The zero-order chi connectivity index (χ0) is 21.8. The molecule has 6 nitrogen and oxygen atoms in total. The van der Waals surface area contributed by atoms with Crippen LogP contribution in [-0.4, -0.2) is 28.8 Å². The number of nitrogens with one attached hydrogen (secondary N) is 1. The molecule has 0 atom stereocenters. The molecular weight excluding hydrogens is 385 g/mol. The van der Waals surface area contributed by atoms with E-state index in [1.54, 1.807) is 48.0 Å². The number of anilines is 1. The summed E-state index contributed by atoms with van der Waals surface area (Å²) in [7, 11) is 1.32. The van der Waals surface area contributed by atoms with E-state index in [4.69, 9.17) is 4.74 Å². The number of esters is 1. The monoisotopic (exact) mass is 407 g/mol. The molecule has 1 heterocycles. The molecule has 0 unspecified atom stereocenters. The highest BCUT2D eigenvalue weighted by Gasteiger charge is 2.12. The number of benzene rings is 2. The lowest BCUT2D eigenvalue weighted by atomic mass is 10.1. The van der Waals surface area contributed by atoms with E-state index < -0.39 is 5.97 Å². The van der Waals surface area contributed by atoms with Gasteiger partial charge in [0, 0.05) is 23.0 Å². The molecule has 0 saturated carbocycles. The summed E-state index contributed by atoms with van der Waals surface area (Å²) in [6.45, 7) is 5.53. The molecule has 1 N–H and O–H groups in total. The summed E-state index contributed by atoms with van der Waals surface area (Å²) in [5, 5.41) is 7.29. The van der Waals surface area contributed by atoms with Gasteiger partial charge in [0.25, 0.3) is 0 Å². The van der Waals surface area contributed by atoms with Crippen molar-refractivity contribution >= 4 is 23.6 Å². The van der Waals surface area contributed by atoms with E-state index in [9.17, 15) is 14.0 Å². The Bertz CT molecular complexity index is 1130. The van der Waals surface area contributed by atoms with Gasteiger partial charge >= 0.3 is 5.97 Å². The van der Waals surface area contributed by atoms with Gasteiger partial charge in [-0.1, -0.05) is 0 Å². The van der Waals surface area contributed by atoms with Gasteiger partial charge in [-0.2, -0.15) is 5.10 Å². The highest BCUT2D eigenvalue weighted by Crippen LogP contribution is 2.20. The molecule has 30 heavy (non-hydrogen) atoms. The third-order valence-corrected chi connectivity index (χ3v) is 4.73. The van der Waals surface area contributed by atoms with Crippen LogP contribution in [0, 0.1) is 26.6 Å². The second-order valence-corrected chi connectivity index (χ2v) is 6.82. The number of rotatable bonds is 5. The maximum atomic E-state index is 13.2. The Balaban J connectivity index is 1.77. The van der Waals surface area contributed by atoms with Gasteiger partial charge in [0.05, 0.1) is 24.1 Å². The van der Waals surface area contributed by atoms with Gasteiger partial charge in [0.15, 0.2) is 0 Å². The normalized spacial score (nSPS) is 11.0. The molecule has 0 aliphatic heterocycles. The number of nitrogens with zero attached hydrogens (tertiary/aromatic N) is 2. The van der Waals surface area contributed by atoms with Crippen molar-refractivity contribution < 1.29 is 18.7 Å². The number of methoxy groups -OCH3 is 1. The van der Waals surface area contributed by atoms with Crippen LogP contribution in [0.2, 0.25) is 0 Å². The van der Waals surface area contributed by atoms with Crippen molar-refractivity contribution in [1.82, 2.24) is 9.78 Å². The standard InChI is InChI=1S/C23H22FN3O3/c1-14-13-17(23(29)30-4)5-11-21(14)25-22(28)12-10-20-15(2)26-27(16(20)3)19-8-6-18(24)7-9-19/h5-13H,1-4H3,(H,25,28)/b12-10+. The van der Waals surface area contributed by atoms with E-state index >= 15 is 0 Å². The predicted octanol–water partition coefficient (Wildman–Crippen LogP) is 4.38. The van der Waals surface area contributed by atoms with E-state index in [-0.39, 0.29) is 11.7 Å². The molecule has 2 aromatic carbocycles.